The fourth-order valence-corrected chi connectivity index (χ4v) is 1.75. The Hall–Kier alpha value is -2.89. The van der Waals surface area contributed by atoms with Crippen molar-refractivity contribution in [3.05, 3.63) is 59.9 Å². The summed E-state index contributed by atoms with van der Waals surface area (Å²) in [5, 5.41) is 2.61. The van der Waals surface area contributed by atoms with Crippen molar-refractivity contribution in [2.45, 2.75) is 13.0 Å². The zero-order chi connectivity index (χ0) is 16.1. The summed E-state index contributed by atoms with van der Waals surface area (Å²) >= 11 is 0. The number of carbonyl (C=O) groups is 2. The molecule has 0 aliphatic carbocycles. The normalized spacial score (nSPS) is 11.5. The molecule has 0 saturated heterocycles. The largest absolute Gasteiger partial charge is 0.478 e. The van der Waals surface area contributed by atoms with Gasteiger partial charge in [-0.1, -0.05) is 12.1 Å². The fourth-order valence-electron chi connectivity index (χ4n) is 1.75. The molecule has 2 rings (SSSR count). The minimum absolute atomic E-state index is 0.00854. The van der Waals surface area contributed by atoms with E-state index in [4.69, 9.17) is 10.5 Å². The highest BCUT2D eigenvalue weighted by molar-refractivity contribution is 5.96. The summed E-state index contributed by atoms with van der Waals surface area (Å²) in [5.74, 6) is -1.51. The third kappa shape index (κ3) is 3.82. The van der Waals surface area contributed by atoms with Crippen molar-refractivity contribution < 1.29 is 18.7 Å². The average Bonchev–Trinajstić information content (AvgIpc) is 2.50. The molecule has 0 saturated carbocycles. The third-order valence-corrected chi connectivity index (χ3v) is 2.95. The summed E-state index contributed by atoms with van der Waals surface area (Å²) < 4.78 is 18.7. The minimum atomic E-state index is -0.882. The van der Waals surface area contributed by atoms with Gasteiger partial charge in [-0.3, -0.25) is 9.59 Å². The number of para-hydroxylation sites is 1. The zero-order valence-corrected chi connectivity index (χ0v) is 11.9. The summed E-state index contributed by atoms with van der Waals surface area (Å²) in [6.07, 6.45) is -0.882. The van der Waals surface area contributed by atoms with E-state index in [-0.39, 0.29) is 5.75 Å². The van der Waals surface area contributed by atoms with Crippen LogP contribution in [0.5, 0.6) is 5.75 Å². The molecule has 2 aromatic carbocycles. The standard InChI is InChI=1S/C16H15FN2O3/c1-10(22-14-5-3-2-4-13(14)17)16(21)19-12-8-6-11(7-9-12)15(18)20/h2-10H,1H3,(H2,18,20)(H,19,21)/t10-/m0/s1. The summed E-state index contributed by atoms with van der Waals surface area (Å²) in [6, 6.07) is 11.9. The highest BCUT2D eigenvalue weighted by atomic mass is 19.1. The van der Waals surface area contributed by atoms with E-state index in [0.29, 0.717) is 11.3 Å². The van der Waals surface area contributed by atoms with Crippen LogP contribution < -0.4 is 15.8 Å². The second-order valence-corrected chi connectivity index (χ2v) is 4.62. The number of carbonyl (C=O) groups excluding carboxylic acids is 2. The first-order chi connectivity index (χ1) is 10.5. The van der Waals surface area contributed by atoms with E-state index in [2.05, 4.69) is 5.32 Å². The Morgan fingerprint density at radius 3 is 2.36 bits per heavy atom. The van der Waals surface area contributed by atoms with Gasteiger partial charge in [-0.25, -0.2) is 4.39 Å². The Balaban J connectivity index is 1.99. The molecule has 2 amide bonds. The molecule has 0 aromatic heterocycles. The predicted molar refractivity (Wildman–Crippen MR) is 80.1 cm³/mol. The molecule has 0 fully saturated rings. The molecule has 0 unspecified atom stereocenters. The van der Waals surface area contributed by atoms with E-state index in [1.807, 2.05) is 0 Å². The molecule has 0 aliphatic rings. The van der Waals surface area contributed by atoms with Crippen molar-refractivity contribution in [3.8, 4) is 5.75 Å². The average molecular weight is 302 g/mol. The number of hydrogen-bond acceptors (Lipinski definition) is 3. The fraction of sp³-hybridized carbons (Fsp3) is 0.125. The molecule has 22 heavy (non-hydrogen) atoms. The van der Waals surface area contributed by atoms with Crippen LogP contribution in [-0.2, 0) is 4.79 Å². The number of primary amides is 1. The van der Waals surface area contributed by atoms with Crippen LogP contribution in [0.4, 0.5) is 10.1 Å². The first kappa shape index (κ1) is 15.5. The molecule has 1 atom stereocenters. The highest BCUT2D eigenvalue weighted by Crippen LogP contribution is 2.18. The van der Waals surface area contributed by atoms with Gasteiger partial charge in [0, 0.05) is 11.3 Å². The SMILES string of the molecule is C[C@H](Oc1ccccc1F)C(=O)Nc1ccc(C(N)=O)cc1. The number of benzene rings is 2. The van der Waals surface area contributed by atoms with E-state index in [9.17, 15) is 14.0 Å². The van der Waals surface area contributed by atoms with Crippen LogP contribution >= 0.6 is 0 Å². The maximum Gasteiger partial charge on any atom is 0.265 e. The number of anilines is 1. The second-order valence-electron chi connectivity index (χ2n) is 4.62. The highest BCUT2D eigenvalue weighted by Gasteiger charge is 2.16. The summed E-state index contributed by atoms with van der Waals surface area (Å²) in [5.41, 5.74) is 5.96. The Labute approximate surface area is 126 Å². The smallest absolute Gasteiger partial charge is 0.265 e. The van der Waals surface area contributed by atoms with Crippen molar-refractivity contribution in [2.75, 3.05) is 5.32 Å². The van der Waals surface area contributed by atoms with E-state index in [1.54, 1.807) is 18.2 Å². The van der Waals surface area contributed by atoms with Gasteiger partial charge in [0.2, 0.25) is 5.91 Å². The molecule has 0 bridgehead atoms. The van der Waals surface area contributed by atoms with Crippen LogP contribution in [0.3, 0.4) is 0 Å². The first-order valence-electron chi connectivity index (χ1n) is 6.59. The van der Waals surface area contributed by atoms with Crippen LogP contribution in [0.2, 0.25) is 0 Å². The van der Waals surface area contributed by atoms with Crippen molar-refractivity contribution >= 4 is 17.5 Å². The number of rotatable bonds is 5. The molecule has 0 radical (unpaired) electrons. The third-order valence-electron chi connectivity index (χ3n) is 2.95. The summed E-state index contributed by atoms with van der Waals surface area (Å²) in [4.78, 5) is 23.0. The van der Waals surface area contributed by atoms with Gasteiger partial charge in [0.25, 0.3) is 5.91 Å². The van der Waals surface area contributed by atoms with E-state index < -0.39 is 23.7 Å². The van der Waals surface area contributed by atoms with E-state index in [0.717, 1.165) is 0 Å². The van der Waals surface area contributed by atoms with Gasteiger partial charge in [-0.15, -0.1) is 0 Å². The van der Waals surface area contributed by atoms with Crippen LogP contribution in [0, 0.1) is 5.82 Å². The maximum atomic E-state index is 13.5. The maximum absolute atomic E-state index is 13.5. The van der Waals surface area contributed by atoms with Gasteiger partial charge in [0.15, 0.2) is 17.7 Å². The number of amides is 2. The van der Waals surface area contributed by atoms with Crippen LogP contribution in [-0.4, -0.2) is 17.9 Å². The van der Waals surface area contributed by atoms with Crippen molar-refractivity contribution in [3.63, 3.8) is 0 Å². The topological polar surface area (TPSA) is 81.4 Å². The number of hydrogen-bond donors (Lipinski definition) is 2. The molecule has 6 heteroatoms. The Morgan fingerprint density at radius 1 is 1.14 bits per heavy atom. The van der Waals surface area contributed by atoms with Crippen molar-refractivity contribution in [1.82, 2.24) is 0 Å². The Bertz CT molecular complexity index is 686. The lowest BCUT2D eigenvalue weighted by Gasteiger charge is -2.15. The van der Waals surface area contributed by atoms with Gasteiger partial charge < -0.3 is 15.8 Å². The van der Waals surface area contributed by atoms with E-state index in [1.165, 1.54) is 37.3 Å². The van der Waals surface area contributed by atoms with Crippen molar-refractivity contribution in [2.24, 2.45) is 5.73 Å². The molecule has 114 valence electrons. The number of nitrogens with two attached hydrogens (primary N) is 1. The van der Waals surface area contributed by atoms with Gasteiger partial charge in [-0.05, 0) is 43.3 Å². The van der Waals surface area contributed by atoms with Crippen LogP contribution in [0.25, 0.3) is 0 Å². The van der Waals surface area contributed by atoms with Gasteiger partial charge in [-0.2, -0.15) is 0 Å². The minimum Gasteiger partial charge on any atom is -0.478 e. The molecule has 0 aliphatic heterocycles. The van der Waals surface area contributed by atoms with Crippen LogP contribution in [0.1, 0.15) is 17.3 Å². The lowest BCUT2D eigenvalue weighted by molar-refractivity contribution is -0.122. The zero-order valence-electron chi connectivity index (χ0n) is 11.9. The molecule has 0 spiro atoms. The molecule has 5 nitrogen and oxygen atoms in total. The van der Waals surface area contributed by atoms with Crippen LogP contribution in [0.15, 0.2) is 48.5 Å². The Morgan fingerprint density at radius 2 is 1.77 bits per heavy atom. The van der Waals surface area contributed by atoms with Gasteiger partial charge >= 0.3 is 0 Å². The van der Waals surface area contributed by atoms with Gasteiger partial charge in [0.05, 0.1) is 0 Å². The molecule has 3 N–H and O–H groups in total. The first-order valence-corrected chi connectivity index (χ1v) is 6.59. The lowest BCUT2D eigenvalue weighted by atomic mass is 10.2. The molecule has 2 aromatic rings. The van der Waals surface area contributed by atoms with Gasteiger partial charge in [0.1, 0.15) is 0 Å². The van der Waals surface area contributed by atoms with Crippen molar-refractivity contribution in [1.29, 1.82) is 0 Å². The number of nitrogens with one attached hydrogen (secondary N) is 1. The molecule has 0 heterocycles. The van der Waals surface area contributed by atoms with E-state index >= 15 is 0 Å². The summed E-state index contributed by atoms with van der Waals surface area (Å²) in [7, 11) is 0. The Kier molecular flexibility index (Phi) is 4.73. The molecular formula is C16H15FN2O3. The number of ether oxygens (including phenoxy) is 1. The summed E-state index contributed by atoms with van der Waals surface area (Å²) in [6.45, 7) is 1.51. The lowest BCUT2D eigenvalue weighted by Crippen LogP contribution is -2.30. The molecular weight excluding hydrogens is 287 g/mol. The quantitative estimate of drug-likeness (QED) is 0.889. The number of halogens is 1. The second kappa shape index (κ2) is 6.71. The predicted octanol–water partition coefficient (Wildman–Crippen LogP) is 2.33. The monoisotopic (exact) mass is 302 g/mol.